The first-order chi connectivity index (χ1) is 7.79. The third-order valence-corrected chi connectivity index (χ3v) is 3.65. The molecule has 16 heavy (non-hydrogen) atoms. The van der Waals surface area contributed by atoms with Crippen molar-refractivity contribution in [3.8, 4) is 0 Å². The molecule has 1 saturated heterocycles. The molecule has 1 heterocycles. The SMILES string of the molecule is CCOC(=O)C1CC[N]C(CCC2CC2)C1. The lowest BCUT2D eigenvalue weighted by molar-refractivity contribution is -0.149. The quantitative estimate of drug-likeness (QED) is 0.671. The van der Waals surface area contributed by atoms with Crippen LogP contribution in [0.1, 0.15) is 45.4 Å². The molecule has 3 heteroatoms. The summed E-state index contributed by atoms with van der Waals surface area (Å²) in [5.41, 5.74) is 0. The highest BCUT2D eigenvalue weighted by Gasteiger charge is 2.30. The molecular weight excluding hydrogens is 202 g/mol. The number of carbonyl (C=O) groups excluding carboxylic acids is 1. The predicted octanol–water partition coefficient (Wildman–Crippen LogP) is 2.12. The van der Waals surface area contributed by atoms with E-state index in [9.17, 15) is 4.79 Å². The predicted molar refractivity (Wildman–Crippen MR) is 62.1 cm³/mol. The van der Waals surface area contributed by atoms with E-state index in [4.69, 9.17) is 4.74 Å². The van der Waals surface area contributed by atoms with E-state index in [0.29, 0.717) is 12.6 Å². The number of rotatable bonds is 5. The first-order valence-electron chi connectivity index (χ1n) is 6.62. The summed E-state index contributed by atoms with van der Waals surface area (Å²) in [4.78, 5) is 11.6. The zero-order valence-corrected chi connectivity index (χ0v) is 10.2. The fourth-order valence-electron chi connectivity index (χ4n) is 2.45. The molecule has 0 aromatic heterocycles. The molecule has 2 rings (SSSR count). The number of piperidine rings is 1. The van der Waals surface area contributed by atoms with Gasteiger partial charge in [0.2, 0.25) is 0 Å². The first kappa shape index (κ1) is 11.9. The first-order valence-corrected chi connectivity index (χ1v) is 6.62. The number of nitrogens with zero attached hydrogens (tertiary/aromatic N) is 1. The average Bonchev–Trinajstić information content (AvgIpc) is 3.11. The van der Waals surface area contributed by atoms with E-state index in [-0.39, 0.29) is 11.9 Å². The highest BCUT2D eigenvalue weighted by Crippen LogP contribution is 2.35. The van der Waals surface area contributed by atoms with Crippen LogP contribution in [0.2, 0.25) is 0 Å². The Morgan fingerprint density at radius 1 is 1.31 bits per heavy atom. The maximum atomic E-state index is 11.6. The molecule has 3 nitrogen and oxygen atoms in total. The summed E-state index contributed by atoms with van der Waals surface area (Å²) < 4.78 is 5.09. The molecule has 2 aliphatic rings. The van der Waals surface area contributed by atoms with Crippen LogP contribution in [0.3, 0.4) is 0 Å². The Balaban J connectivity index is 1.71. The normalized spacial score (nSPS) is 30.1. The Morgan fingerprint density at radius 2 is 2.12 bits per heavy atom. The number of hydrogen-bond donors (Lipinski definition) is 0. The van der Waals surface area contributed by atoms with Gasteiger partial charge < -0.3 is 4.74 Å². The Labute approximate surface area is 97.9 Å². The molecule has 1 radical (unpaired) electrons. The van der Waals surface area contributed by atoms with Crippen molar-refractivity contribution in [2.45, 2.75) is 51.5 Å². The topological polar surface area (TPSA) is 40.4 Å². The Bertz CT molecular complexity index is 238. The summed E-state index contributed by atoms with van der Waals surface area (Å²) in [6, 6.07) is 0.420. The molecule has 0 aromatic rings. The summed E-state index contributed by atoms with van der Waals surface area (Å²) >= 11 is 0. The molecule has 0 amide bonds. The van der Waals surface area contributed by atoms with Crippen molar-refractivity contribution in [2.75, 3.05) is 13.2 Å². The van der Waals surface area contributed by atoms with E-state index in [1.165, 1.54) is 25.7 Å². The molecular formula is C13H22NO2. The summed E-state index contributed by atoms with van der Waals surface area (Å²) in [7, 11) is 0. The van der Waals surface area contributed by atoms with Gasteiger partial charge in [-0.05, 0) is 38.5 Å². The standard InChI is InChI=1S/C13H22NO2/c1-2-16-13(15)11-7-8-14-12(9-11)6-5-10-3-4-10/h10-12H,2-9H2,1H3. The summed E-state index contributed by atoms with van der Waals surface area (Å²) in [6.07, 6.45) is 7.12. The molecule has 1 aliphatic heterocycles. The zero-order chi connectivity index (χ0) is 11.4. The van der Waals surface area contributed by atoms with Gasteiger partial charge in [-0.15, -0.1) is 0 Å². The van der Waals surface area contributed by atoms with Gasteiger partial charge >= 0.3 is 5.97 Å². The van der Waals surface area contributed by atoms with Crippen molar-refractivity contribution in [1.29, 1.82) is 0 Å². The molecule has 1 aliphatic carbocycles. The molecule has 0 bridgehead atoms. The lowest BCUT2D eigenvalue weighted by Crippen LogP contribution is -2.36. The highest BCUT2D eigenvalue weighted by atomic mass is 16.5. The number of carbonyl (C=O) groups is 1. The van der Waals surface area contributed by atoms with Gasteiger partial charge in [-0.1, -0.05) is 12.8 Å². The Morgan fingerprint density at radius 3 is 2.81 bits per heavy atom. The maximum Gasteiger partial charge on any atom is 0.309 e. The van der Waals surface area contributed by atoms with Crippen molar-refractivity contribution in [3.63, 3.8) is 0 Å². The molecule has 1 saturated carbocycles. The second kappa shape index (κ2) is 5.67. The van der Waals surface area contributed by atoms with Crippen LogP contribution in [-0.4, -0.2) is 25.2 Å². The van der Waals surface area contributed by atoms with Gasteiger partial charge in [0.15, 0.2) is 0 Å². The Kier molecular flexibility index (Phi) is 4.22. The van der Waals surface area contributed by atoms with Crippen molar-refractivity contribution in [2.24, 2.45) is 11.8 Å². The number of ether oxygens (including phenoxy) is 1. The fraction of sp³-hybridized carbons (Fsp3) is 0.923. The van der Waals surface area contributed by atoms with Crippen LogP contribution in [0.15, 0.2) is 0 Å². The third kappa shape index (κ3) is 3.48. The van der Waals surface area contributed by atoms with Crippen molar-refractivity contribution in [1.82, 2.24) is 5.32 Å². The van der Waals surface area contributed by atoms with Gasteiger partial charge in [-0.2, -0.15) is 0 Å². The largest absolute Gasteiger partial charge is 0.466 e. The van der Waals surface area contributed by atoms with Crippen LogP contribution in [0.25, 0.3) is 0 Å². The fourth-order valence-corrected chi connectivity index (χ4v) is 2.45. The van der Waals surface area contributed by atoms with E-state index in [2.05, 4.69) is 5.32 Å². The second-order valence-corrected chi connectivity index (χ2v) is 5.05. The minimum absolute atomic E-state index is 0.00572. The van der Waals surface area contributed by atoms with Crippen LogP contribution >= 0.6 is 0 Å². The summed E-state index contributed by atoms with van der Waals surface area (Å²) in [5.74, 6) is 1.08. The van der Waals surface area contributed by atoms with E-state index >= 15 is 0 Å². The van der Waals surface area contributed by atoms with Gasteiger partial charge in [0, 0.05) is 12.6 Å². The smallest absolute Gasteiger partial charge is 0.309 e. The van der Waals surface area contributed by atoms with E-state index < -0.39 is 0 Å². The molecule has 0 spiro atoms. The van der Waals surface area contributed by atoms with Crippen LogP contribution < -0.4 is 5.32 Å². The third-order valence-electron chi connectivity index (χ3n) is 3.65. The van der Waals surface area contributed by atoms with Gasteiger partial charge in [0.1, 0.15) is 0 Å². The van der Waals surface area contributed by atoms with Crippen molar-refractivity contribution in [3.05, 3.63) is 0 Å². The average molecular weight is 224 g/mol. The number of esters is 1. The second-order valence-electron chi connectivity index (χ2n) is 5.05. The Hall–Kier alpha value is -0.570. The van der Waals surface area contributed by atoms with Gasteiger partial charge in [-0.3, -0.25) is 4.79 Å². The molecule has 91 valence electrons. The summed E-state index contributed by atoms with van der Waals surface area (Å²) in [5, 5.41) is 4.61. The number of hydrogen-bond acceptors (Lipinski definition) is 2. The molecule has 0 N–H and O–H groups in total. The van der Waals surface area contributed by atoms with Crippen LogP contribution in [0.4, 0.5) is 0 Å². The van der Waals surface area contributed by atoms with Gasteiger partial charge in [-0.25, -0.2) is 5.32 Å². The van der Waals surface area contributed by atoms with Gasteiger partial charge in [0.25, 0.3) is 0 Å². The molecule has 2 atom stereocenters. The van der Waals surface area contributed by atoms with Crippen molar-refractivity contribution < 1.29 is 9.53 Å². The zero-order valence-electron chi connectivity index (χ0n) is 10.2. The minimum Gasteiger partial charge on any atom is -0.466 e. The highest BCUT2D eigenvalue weighted by molar-refractivity contribution is 5.72. The lowest BCUT2D eigenvalue weighted by Gasteiger charge is -2.27. The van der Waals surface area contributed by atoms with E-state index in [1.807, 2.05) is 6.92 Å². The van der Waals surface area contributed by atoms with Crippen LogP contribution in [0.5, 0.6) is 0 Å². The monoisotopic (exact) mass is 224 g/mol. The van der Waals surface area contributed by atoms with E-state index in [0.717, 1.165) is 25.3 Å². The molecule has 2 fully saturated rings. The minimum atomic E-state index is -0.00572. The maximum absolute atomic E-state index is 11.6. The summed E-state index contributed by atoms with van der Waals surface area (Å²) in [6.45, 7) is 3.22. The van der Waals surface area contributed by atoms with Gasteiger partial charge in [0.05, 0.1) is 12.5 Å². The van der Waals surface area contributed by atoms with Crippen LogP contribution in [0, 0.1) is 11.8 Å². The van der Waals surface area contributed by atoms with E-state index in [1.54, 1.807) is 0 Å². The lowest BCUT2D eigenvalue weighted by atomic mass is 9.90. The molecule has 0 aromatic carbocycles. The molecule has 2 unspecified atom stereocenters. The van der Waals surface area contributed by atoms with Crippen molar-refractivity contribution >= 4 is 5.97 Å². The van der Waals surface area contributed by atoms with Crippen LogP contribution in [-0.2, 0) is 9.53 Å².